The molecule has 0 aliphatic carbocycles. The van der Waals surface area contributed by atoms with Gasteiger partial charge in [-0.25, -0.2) is 0 Å². The Bertz CT molecular complexity index is 1090. The van der Waals surface area contributed by atoms with Crippen molar-refractivity contribution in [3.05, 3.63) is 70.5 Å². The standard InChI is InChI=1S/C25H24Cl2F3N3/c1-2-32-21-7-9-33(10-8-21)24-22(16-3-5-18(6-4-16)25(28,29)30)14-31-15-23(24)17-11-19(26)13-20(27)12-17/h3-6,11-15,21,32H,2,7-10H2,1H3. The first-order valence-electron chi connectivity index (χ1n) is 10.9. The molecule has 3 aromatic rings. The first-order valence-corrected chi connectivity index (χ1v) is 11.6. The van der Waals surface area contributed by atoms with Crippen LogP contribution in [-0.2, 0) is 6.18 Å². The largest absolute Gasteiger partial charge is 0.416 e. The van der Waals surface area contributed by atoms with Gasteiger partial charge in [0, 0.05) is 52.7 Å². The molecule has 174 valence electrons. The molecule has 2 heterocycles. The first-order chi connectivity index (χ1) is 15.8. The second-order valence-electron chi connectivity index (χ2n) is 8.14. The summed E-state index contributed by atoms with van der Waals surface area (Å²) in [5, 5.41) is 4.52. The lowest BCUT2D eigenvalue weighted by Crippen LogP contribution is -2.42. The van der Waals surface area contributed by atoms with E-state index in [1.54, 1.807) is 18.5 Å². The molecule has 0 amide bonds. The number of pyridine rings is 1. The van der Waals surface area contributed by atoms with Gasteiger partial charge >= 0.3 is 6.18 Å². The Morgan fingerprint density at radius 2 is 1.52 bits per heavy atom. The Labute approximate surface area is 201 Å². The molecule has 1 saturated heterocycles. The number of aromatic nitrogens is 1. The molecule has 0 saturated carbocycles. The van der Waals surface area contributed by atoms with Crippen LogP contribution in [0.2, 0.25) is 10.0 Å². The van der Waals surface area contributed by atoms with Crippen LogP contribution in [0.1, 0.15) is 25.3 Å². The minimum absolute atomic E-state index is 0.451. The quantitative estimate of drug-likeness (QED) is 0.403. The van der Waals surface area contributed by atoms with Gasteiger partial charge in [-0.05, 0) is 60.8 Å². The van der Waals surface area contributed by atoms with E-state index < -0.39 is 11.7 Å². The summed E-state index contributed by atoms with van der Waals surface area (Å²) in [5.41, 5.74) is 3.37. The van der Waals surface area contributed by atoms with E-state index in [0.29, 0.717) is 21.7 Å². The van der Waals surface area contributed by atoms with E-state index in [1.807, 2.05) is 12.1 Å². The van der Waals surface area contributed by atoms with Crippen LogP contribution in [-0.4, -0.2) is 30.7 Å². The molecule has 0 spiro atoms. The Kier molecular flexibility index (Phi) is 7.17. The van der Waals surface area contributed by atoms with E-state index >= 15 is 0 Å². The molecule has 0 unspecified atom stereocenters. The van der Waals surface area contributed by atoms with Gasteiger partial charge in [0.1, 0.15) is 0 Å². The Balaban J connectivity index is 1.81. The molecule has 1 aliphatic heterocycles. The van der Waals surface area contributed by atoms with Gasteiger partial charge in [0.15, 0.2) is 0 Å². The lowest BCUT2D eigenvalue weighted by Gasteiger charge is -2.36. The van der Waals surface area contributed by atoms with Crippen molar-refractivity contribution in [2.75, 3.05) is 24.5 Å². The topological polar surface area (TPSA) is 28.2 Å². The van der Waals surface area contributed by atoms with Crippen LogP contribution >= 0.6 is 23.2 Å². The van der Waals surface area contributed by atoms with E-state index in [-0.39, 0.29) is 0 Å². The lowest BCUT2D eigenvalue weighted by molar-refractivity contribution is -0.137. The number of benzene rings is 2. The van der Waals surface area contributed by atoms with E-state index in [2.05, 4.69) is 22.1 Å². The van der Waals surface area contributed by atoms with Crippen LogP contribution in [0.5, 0.6) is 0 Å². The van der Waals surface area contributed by atoms with Crippen LogP contribution in [0.15, 0.2) is 54.9 Å². The number of halogens is 5. The molecule has 8 heteroatoms. The highest BCUT2D eigenvalue weighted by atomic mass is 35.5. The molecule has 1 aliphatic rings. The highest BCUT2D eigenvalue weighted by Crippen LogP contribution is 2.42. The molecule has 1 fully saturated rings. The fourth-order valence-corrected chi connectivity index (χ4v) is 4.89. The van der Waals surface area contributed by atoms with Crippen molar-refractivity contribution in [3.8, 4) is 22.3 Å². The van der Waals surface area contributed by atoms with Crippen LogP contribution in [0, 0.1) is 0 Å². The summed E-state index contributed by atoms with van der Waals surface area (Å²) in [7, 11) is 0. The number of hydrogen-bond acceptors (Lipinski definition) is 3. The molecular weight excluding hydrogens is 470 g/mol. The van der Waals surface area contributed by atoms with Gasteiger partial charge < -0.3 is 10.2 Å². The highest BCUT2D eigenvalue weighted by Gasteiger charge is 2.30. The van der Waals surface area contributed by atoms with Gasteiger partial charge in [0.2, 0.25) is 0 Å². The third-order valence-electron chi connectivity index (χ3n) is 5.92. The fourth-order valence-electron chi connectivity index (χ4n) is 4.36. The van der Waals surface area contributed by atoms with Crippen molar-refractivity contribution in [2.45, 2.75) is 32.0 Å². The summed E-state index contributed by atoms with van der Waals surface area (Å²) < 4.78 is 39.3. The summed E-state index contributed by atoms with van der Waals surface area (Å²) >= 11 is 12.6. The molecule has 1 N–H and O–H groups in total. The van der Waals surface area contributed by atoms with Gasteiger partial charge in [-0.2, -0.15) is 13.2 Å². The minimum Gasteiger partial charge on any atom is -0.370 e. The average molecular weight is 494 g/mol. The summed E-state index contributed by atoms with van der Waals surface area (Å²) in [6.07, 6.45) is 1.04. The summed E-state index contributed by atoms with van der Waals surface area (Å²) in [4.78, 5) is 6.70. The number of alkyl halides is 3. The minimum atomic E-state index is -4.38. The van der Waals surface area contributed by atoms with E-state index in [1.165, 1.54) is 12.1 Å². The van der Waals surface area contributed by atoms with Crippen molar-refractivity contribution >= 4 is 28.9 Å². The second kappa shape index (κ2) is 9.92. The molecule has 3 nitrogen and oxygen atoms in total. The summed E-state index contributed by atoms with van der Waals surface area (Å²) in [5.74, 6) is 0. The molecule has 1 aromatic heterocycles. The average Bonchev–Trinajstić information content (AvgIpc) is 2.78. The molecule has 0 atom stereocenters. The third-order valence-corrected chi connectivity index (χ3v) is 6.35. The van der Waals surface area contributed by atoms with Crippen LogP contribution in [0.4, 0.5) is 18.9 Å². The number of anilines is 1. The van der Waals surface area contributed by atoms with Crippen molar-refractivity contribution in [3.63, 3.8) is 0 Å². The third kappa shape index (κ3) is 5.45. The Morgan fingerprint density at radius 1 is 0.939 bits per heavy atom. The predicted octanol–water partition coefficient (Wildman–Crippen LogP) is 7.32. The second-order valence-corrected chi connectivity index (χ2v) is 9.01. The maximum absolute atomic E-state index is 13.1. The number of nitrogens with zero attached hydrogens (tertiary/aromatic N) is 2. The Hall–Kier alpha value is -2.28. The molecule has 0 radical (unpaired) electrons. The van der Waals surface area contributed by atoms with Crippen molar-refractivity contribution in [1.29, 1.82) is 0 Å². The number of rotatable bonds is 5. The number of nitrogens with one attached hydrogen (secondary N) is 1. The zero-order valence-electron chi connectivity index (χ0n) is 18.1. The zero-order chi connectivity index (χ0) is 23.6. The van der Waals surface area contributed by atoms with E-state index in [9.17, 15) is 13.2 Å². The molecule has 33 heavy (non-hydrogen) atoms. The van der Waals surface area contributed by atoms with Crippen molar-refractivity contribution in [2.24, 2.45) is 0 Å². The SMILES string of the molecule is CCNC1CCN(c2c(-c3ccc(C(F)(F)F)cc3)cncc2-c2cc(Cl)cc(Cl)c2)CC1. The van der Waals surface area contributed by atoms with Crippen molar-refractivity contribution in [1.82, 2.24) is 10.3 Å². The lowest BCUT2D eigenvalue weighted by atomic mass is 9.95. The van der Waals surface area contributed by atoms with Gasteiger partial charge in [-0.1, -0.05) is 42.3 Å². The molecular formula is C25H24Cl2F3N3. The number of piperidine rings is 1. The van der Waals surface area contributed by atoms with Crippen LogP contribution < -0.4 is 10.2 Å². The molecule has 0 bridgehead atoms. The Morgan fingerprint density at radius 3 is 2.06 bits per heavy atom. The maximum atomic E-state index is 13.1. The number of hydrogen-bond donors (Lipinski definition) is 1. The molecule has 4 rings (SSSR count). The van der Waals surface area contributed by atoms with E-state index in [4.69, 9.17) is 23.2 Å². The maximum Gasteiger partial charge on any atom is 0.416 e. The van der Waals surface area contributed by atoms with Gasteiger partial charge in [0.25, 0.3) is 0 Å². The van der Waals surface area contributed by atoms with Gasteiger partial charge in [-0.15, -0.1) is 0 Å². The van der Waals surface area contributed by atoms with Gasteiger partial charge in [-0.3, -0.25) is 4.98 Å². The summed E-state index contributed by atoms with van der Waals surface area (Å²) in [6, 6.07) is 11.0. The fraction of sp³-hybridized carbons (Fsp3) is 0.320. The summed E-state index contributed by atoms with van der Waals surface area (Å²) in [6.45, 7) is 4.65. The van der Waals surface area contributed by atoms with Crippen LogP contribution in [0.3, 0.4) is 0 Å². The smallest absolute Gasteiger partial charge is 0.370 e. The predicted molar refractivity (Wildman–Crippen MR) is 129 cm³/mol. The highest BCUT2D eigenvalue weighted by molar-refractivity contribution is 6.35. The first kappa shape index (κ1) is 23.9. The van der Waals surface area contributed by atoms with Crippen LogP contribution in [0.25, 0.3) is 22.3 Å². The van der Waals surface area contributed by atoms with Gasteiger partial charge in [0.05, 0.1) is 11.3 Å². The van der Waals surface area contributed by atoms with Crippen molar-refractivity contribution < 1.29 is 13.2 Å². The monoisotopic (exact) mass is 493 g/mol. The van der Waals surface area contributed by atoms with E-state index in [0.717, 1.165) is 67.0 Å². The zero-order valence-corrected chi connectivity index (χ0v) is 19.6. The molecule has 2 aromatic carbocycles. The normalized spacial score (nSPS) is 15.2.